The van der Waals surface area contributed by atoms with Crippen molar-refractivity contribution < 1.29 is 9.50 Å². The van der Waals surface area contributed by atoms with E-state index < -0.39 is 6.10 Å². The summed E-state index contributed by atoms with van der Waals surface area (Å²) in [6, 6.07) is 12.1. The van der Waals surface area contributed by atoms with E-state index in [2.05, 4.69) is 15.9 Å². The second-order valence-corrected chi connectivity index (χ2v) is 5.89. The first-order valence-corrected chi connectivity index (χ1v) is 7.08. The third kappa shape index (κ3) is 3.34. The molecule has 0 radical (unpaired) electrons. The van der Waals surface area contributed by atoms with Gasteiger partial charge in [0.15, 0.2) is 0 Å². The minimum absolute atomic E-state index is 0.233. The first kappa shape index (κ1) is 13.6. The maximum absolute atomic E-state index is 12.8. The average molecular weight is 327 g/mol. The van der Waals surface area contributed by atoms with E-state index in [1.54, 1.807) is 30.8 Å². The van der Waals surface area contributed by atoms with Crippen molar-refractivity contribution in [2.45, 2.75) is 22.8 Å². The van der Waals surface area contributed by atoms with Crippen LogP contribution in [0.5, 0.6) is 0 Å². The molecule has 1 nitrogen and oxygen atoms in total. The van der Waals surface area contributed by atoms with Crippen molar-refractivity contribution in [1.82, 2.24) is 0 Å². The fraction of sp³-hybridized carbons (Fsp3) is 0.143. The lowest BCUT2D eigenvalue weighted by Gasteiger charge is -2.09. The van der Waals surface area contributed by atoms with Gasteiger partial charge in [0.2, 0.25) is 0 Å². The standard InChI is InChI=1S/C14H12BrFOS/c1-9(17)10-2-7-14(13(15)8-10)18-12-5-3-11(16)4-6-12/h2-9,17H,1H3/t9-/m0/s1. The summed E-state index contributed by atoms with van der Waals surface area (Å²) >= 11 is 5.03. The second kappa shape index (κ2) is 5.87. The molecule has 1 N–H and O–H groups in total. The lowest BCUT2D eigenvalue weighted by atomic mass is 10.1. The minimum atomic E-state index is -0.480. The third-order valence-electron chi connectivity index (χ3n) is 2.48. The van der Waals surface area contributed by atoms with Gasteiger partial charge in [-0.1, -0.05) is 17.8 Å². The number of rotatable bonds is 3. The molecular formula is C14H12BrFOS. The maximum atomic E-state index is 12.8. The van der Waals surface area contributed by atoms with Crippen LogP contribution in [-0.4, -0.2) is 5.11 Å². The summed E-state index contributed by atoms with van der Waals surface area (Å²) in [5.74, 6) is -0.233. The number of hydrogen-bond acceptors (Lipinski definition) is 2. The number of benzene rings is 2. The van der Waals surface area contributed by atoms with E-state index in [0.29, 0.717) is 0 Å². The van der Waals surface area contributed by atoms with Gasteiger partial charge in [-0.25, -0.2) is 4.39 Å². The zero-order valence-corrected chi connectivity index (χ0v) is 12.1. The molecule has 94 valence electrons. The van der Waals surface area contributed by atoms with Crippen LogP contribution in [0, 0.1) is 5.82 Å². The smallest absolute Gasteiger partial charge is 0.123 e. The van der Waals surface area contributed by atoms with Gasteiger partial charge in [0.05, 0.1) is 6.10 Å². The van der Waals surface area contributed by atoms with Crippen molar-refractivity contribution in [1.29, 1.82) is 0 Å². The predicted molar refractivity (Wildman–Crippen MR) is 75.3 cm³/mol. The van der Waals surface area contributed by atoms with Crippen molar-refractivity contribution in [3.63, 3.8) is 0 Å². The molecule has 0 unspecified atom stereocenters. The molecule has 2 aromatic carbocycles. The molecule has 0 aliphatic rings. The molecule has 0 aliphatic heterocycles. The van der Waals surface area contributed by atoms with Gasteiger partial charge in [-0.15, -0.1) is 0 Å². The molecule has 0 aromatic heterocycles. The summed E-state index contributed by atoms with van der Waals surface area (Å²) in [6.07, 6.45) is -0.480. The Balaban J connectivity index is 2.22. The van der Waals surface area contributed by atoms with Gasteiger partial charge in [0.1, 0.15) is 5.82 Å². The van der Waals surface area contributed by atoms with Gasteiger partial charge in [-0.3, -0.25) is 0 Å². The third-order valence-corrected chi connectivity index (χ3v) is 4.48. The van der Waals surface area contributed by atoms with E-state index in [0.717, 1.165) is 19.8 Å². The molecule has 18 heavy (non-hydrogen) atoms. The van der Waals surface area contributed by atoms with E-state index in [-0.39, 0.29) is 5.82 Å². The van der Waals surface area contributed by atoms with E-state index >= 15 is 0 Å². The van der Waals surface area contributed by atoms with E-state index in [4.69, 9.17) is 0 Å². The Kier molecular flexibility index (Phi) is 4.43. The van der Waals surface area contributed by atoms with Crippen LogP contribution in [0.3, 0.4) is 0 Å². The lowest BCUT2D eigenvalue weighted by molar-refractivity contribution is 0.199. The molecule has 0 heterocycles. The number of aliphatic hydroxyl groups excluding tert-OH is 1. The Hall–Kier alpha value is -0.840. The Morgan fingerprint density at radius 2 is 1.83 bits per heavy atom. The van der Waals surface area contributed by atoms with Gasteiger partial charge in [0.25, 0.3) is 0 Å². The van der Waals surface area contributed by atoms with Crippen LogP contribution in [0.1, 0.15) is 18.6 Å². The van der Waals surface area contributed by atoms with E-state index in [1.807, 2.05) is 18.2 Å². The molecule has 2 rings (SSSR count). The summed E-state index contributed by atoms with van der Waals surface area (Å²) in [6.45, 7) is 1.73. The van der Waals surface area contributed by atoms with Crippen LogP contribution in [0.2, 0.25) is 0 Å². The number of halogens is 2. The molecule has 1 atom stereocenters. The monoisotopic (exact) mass is 326 g/mol. The summed E-state index contributed by atoms with van der Waals surface area (Å²) in [7, 11) is 0. The Morgan fingerprint density at radius 3 is 2.39 bits per heavy atom. The molecule has 4 heteroatoms. The molecule has 0 saturated carbocycles. The maximum Gasteiger partial charge on any atom is 0.123 e. The van der Waals surface area contributed by atoms with Crippen molar-refractivity contribution in [2.75, 3.05) is 0 Å². The first-order chi connectivity index (χ1) is 8.56. The van der Waals surface area contributed by atoms with Crippen LogP contribution < -0.4 is 0 Å². The highest BCUT2D eigenvalue weighted by molar-refractivity contribution is 9.10. The van der Waals surface area contributed by atoms with Crippen molar-refractivity contribution in [2.24, 2.45) is 0 Å². The average Bonchev–Trinajstić information content (AvgIpc) is 2.34. The van der Waals surface area contributed by atoms with E-state index in [1.165, 1.54) is 12.1 Å². The number of hydrogen-bond donors (Lipinski definition) is 1. The Morgan fingerprint density at radius 1 is 1.17 bits per heavy atom. The summed E-state index contributed by atoms with van der Waals surface area (Å²) in [5, 5.41) is 9.49. The quantitative estimate of drug-likeness (QED) is 0.874. The van der Waals surface area contributed by atoms with Gasteiger partial charge < -0.3 is 5.11 Å². The SMILES string of the molecule is C[C@H](O)c1ccc(Sc2ccc(F)cc2)c(Br)c1. The molecular weight excluding hydrogens is 315 g/mol. The summed E-state index contributed by atoms with van der Waals surface area (Å²) in [5.41, 5.74) is 0.866. The zero-order chi connectivity index (χ0) is 13.1. The molecule has 0 spiro atoms. The van der Waals surface area contributed by atoms with Crippen LogP contribution in [0.25, 0.3) is 0 Å². The molecule has 0 saturated heterocycles. The normalized spacial score (nSPS) is 12.4. The first-order valence-electron chi connectivity index (χ1n) is 5.47. The Labute approximate surface area is 118 Å². The summed E-state index contributed by atoms with van der Waals surface area (Å²) < 4.78 is 13.7. The molecule has 0 fully saturated rings. The Bertz CT molecular complexity index is 540. The van der Waals surface area contributed by atoms with Crippen molar-refractivity contribution >= 4 is 27.7 Å². The topological polar surface area (TPSA) is 20.2 Å². The minimum Gasteiger partial charge on any atom is -0.389 e. The zero-order valence-electron chi connectivity index (χ0n) is 9.73. The highest BCUT2D eigenvalue weighted by atomic mass is 79.9. The lowest BCUT2D eigenvalue weighted by Crippen LogP contribution is -1.90. The molecule has 2 aromatic rings. The van der Waals surface area contributed by atoms with E-state index in [9.17, 15) is 9.50 Å². The van der Waals surface area contributed by atoms with Crippen LogP contribution in [0.15, 0.2) is 56.7 Å². The molecule has 0 bridgehead atoms. The van der Waals surface area contributed by atoms with Gasteiger partial charge >= 0.3 is 0 Å². The van der Waals surface area contributed by atoms with Crippen molar-refractivity contribution in [3.8, 4) is 0 Å². The van der Waals surface area contributed by atoms with Gasteiger partial charge in [-0.2, -0.15) is 0 Å². The number of aliphatic hydroxyl groups is 1. The van der Waals surface area contributed by atoms with Gasteiger partial charge in [0, 0.05) is 14.3 Å². The van der Waals surface area contributed by atoms with Crippen LogP contribution in [0.4, 0.5) is 4.39 Å². The largest absolute Gasteiger partial charge is 0.389 e. The predicted octanol–water partition coefficient (Wildman–Crippen LogP) is 4.79. The highest BCUT2D eigenvalue weighted by Crippen LogP contribution is 2.34. The van der Waals surface area contributed by atoms with Crippen LogP contribution >= 0.6 is 27.7 Å². The van der Waals surface area contributed by atoms with Gasteiger partial charge in [-0.05, 0) is 64.8 Å². The van der Waals surface area contributed by atoms with Crippen molar-refractivity contribution in [3.05, 3.63) is 58.3 Å². The fourth-order valence-electron chi connectivity index (χ4n) is 1.49. The summed E-state index contributed by atoms with van der Waals surface area (Å²) in [4.78, 5) is 2.01. The fourth-order valence-corrected chi connectivity index (χ4v) is 2.95. The molecule has 0 aliphatic carbocycles. The van der Waals surface area contributed by atoms with Crippen LogP contribution in [-0.2, 0) is 0 Å². The second-order valence-electron chi connectivity index (χ2n) is 3.92. The highest BCUT2D eigenvalue weighted by Gasteiger charge is 2.06. The molecule has 0 amide bonds.